The molecule has 2 heterocycles. The first-order chi connectivity index (χ1) is 20.4. The molecule has 0 bridgehead atoms. The fourth-order valence-corrected chi connectivity index (χ4v) is 5.77. The summed E-state index contributed by atoms with van der Waals surface area (Å²) in [6, 6.07) is 23.0. The second kappa shape index (κ2) is 12.9. The van der Waals surface area contributed by atoms with E-state index < -0.39 is 0 Å². The minimum Gasteiger partial charge on any atom is -0.507 e. The monoisotopic (exact) mass is 581 g/mol. The second-order valence-electron chi connectivity index (χ2n) is 10.4. The molecule has 5 rings (SSSR count). The minimum absolute atomic E-state index is 0.0201. The van der Waals surface area contributed by atoms with Gasteiger partial charge in [-0.2, -0.15) is 5.26 Å². The van der Waals surface area contributed by atoms with Crippen LogP contribution in [0.3, 0.4) is 0 Å². The van der Waals surface area contributed by atoms with Gasteiger partial charge in [-0.05, 0) is 80.4 Å². The van der Waals surface area contributed by atoms with Crippen LogP contribution >= 0.6 is 11.6 Å². The summed E-state index contributed by atoms with van der Waals surface area (Å²) < 4.78 is 0. The predicted octanol–water partition coefficient (Wildman–Crippen LogP) is 6.28. The Morgan fingerprint density at radius 3 is 2.40 bits per heavy atom. The molecular formula is C33H32ClN5O3. The Hall–Kier alpha value is -4.58. The van der Waals surface area contributed by atoms with E-state index in [9.17, 15) is 20.3 Å². The SMILES string of the molecule is N#Cc1c(-c2cc(C(CCNC(=O)c3ccccc3O)N3CCCCC3)ccc2Cl)cc(-c2ccccc2O)nc1N. The Kier molecular flexibility index (Phi) is 8.91. The van der Waals surface area contributed by atoms with Crippen molar-refractivity contribution in [2.24, 2.45) is 0 Å². The summed E-state index contributed by atoms with van der Waals surface area (Å²) in [4.78, 5) is 19.6. The van der Waals surface area contributed by atoms with Gasteiger partial charge in [0.2, 0.25) is 0 Å². The van der Waals surface area contributed by atoms with Gasteiger partial charge in [-0.25, -0.2) is 4.98 Å². The summed E-state index contributed by atoms with van der Waals surface area (Å²) in [6.45, 7) is 2.26. The molecule has 0 aliphatic carbocycles. The number of carbonyl (C=O) groups excluding carboxylic acids is 1. The lowest BCUT2D eigenvalue weighted by Gasteiger charge is -2.35. The van der Waals surface area contributed by atoms with Gasteiger partial charge in [-0.1, -0.05) is 48.4 Å². The molecule has 1 amide bonds. The van der Waals surface area contributed by atoms with Crippen molar-refractivity contribution in [3.8, 4) is 40.0 Å². The molecular weight excluding hydrogens is 550 g/mol. The number of nitrogens with two attached hydrogens (primary N) is 1. The predicted molar refractivity (Wildman–Crippen MR) is 164 cm³/mol. The number of nitrogen functional groups attached to an aromatic ring is 1. The van der Waals surface area contributed by atoms with Crippen molar-refractivity contribution in [3.05, 3.63) is 94.5 Å². The van der Waals surface area contributed by atoms with Crippen molar-refractivity contribution >= 4 is 23.3 Å². The number of rotatable bonds is 8. The lowest BCUT2D eigenvalue weighted by molar-refractivity contribution is 0.0941. The summed E-state index contributed by atoms with van der Waals surface area (Å²) in [5.41, 5.74) is 9.78. The normalized spacial score (nSPS) is 14.2. The molecule has 1 aromatic heterocycles. The van der Waals surface area contributed by atoms with E-state index in [-0.39, 0.29) is 40.4 Å². The number of nitriles is 1. The molecule has 4 aromatic rings. The molecule has 1 aliphatic heterocycles. The Morgan fingerprint density at radius 1 is 0.976 bits per heavy atom. The average molecular weight is 582 g/mol. The zero-order chi connectivity index (χ0) is 29.6. The van der Waals surface area contributed by atoms with Crippen LogP contribution in [0.25, 0.3) is 22.4 Å². The first kappa shape index (κ1) is 28.9. The van der Waals surface area contributed by atoms with E-state index in [1.54, 1.807) is 48.5 Å². The van der Waals surface area contributed by atoms with Gasteiger partial charge in [0.1, 0.15) is 28.9 Å². The van der Waals surface area contributed by atoms with Crippen molar-refractivity contribution in [2.75, 3.05) is 25.4 Å². The fraction of sp³-hybridized carbons (Fsp3) is 0.242. The van der Waals surface area contributed by atoms with Crippen LogP contribution in [0.2, 0.25) is 5.02 Å². The Labute approximate surface area is 250 Å². The summed E-state index contributed by atoms with van der Waals surface area (Å²) in [6.07, 6.45) is 3.98. The summed E-state index contributed by atoms with van der Waals surface area (Å²) in [5, 5.41) is 33.9. The fourth-order valence-electron chi connectivity index (χ4n) is 5.55. The van der Waals surface area contributed by atoms with Crippen molar-refractivity contribution in [3.63, 3.8) is 0 Å². The first-order valence-corrected chi connectivity index (χ1v) is 14.3. The quantitative estimate of drug-likeness (QED) is 0.192. The Balaban J connectivity index is 1.50. The maximum absolute atomic E-state index is 12.8. The van der Waals surface area contributed by atoms with Gasteiger partial charge >= 0.3 is 0 Å². The van der Waals surface area contributed by atoms with Crippen molar-refractivity contribution in [2.45, 2.75) is 31.7 Å². The highest BCUT2D eigenvalue weighted by molar-refractivity contribution is 6.33. The van der Waals surface area contributed by atoms with Crippen LogP contribution in [0, 0.1) is 11.3 Å². The number of pyridine rings is 1. The maximum Gasteiger partial charge on any atom is 0.255 e. The lowest BCUT2D eigenvalue weighted by Crippen LogP contribution is -2.36. The lowest BCUT2D eigenvalue weighted by atomic mass is 9.93. The van der Waals surface area contributed by atoms with E-state index in [0.29, 0.717) is 40.4 Å². The molecule has 5 N–H and O–H groups in total. The molecule has 8 nitrogen and oxygen atoms in total. The van der Waals surface area contributed by atoms with Gasteiger partial charge in [0, 0.05) is 34.3 Å². The van der Waals surface area contributed by atoms with Crippen LogP contribution in [-0.2, 0) is 0 Å². The number of likely N-dealkylation sites (tertiary alicyclic amines) is 1. The van der Waals surface area contributed by atoms with Gasteiger partial charge in [-0.15, -0.1) is 0 Å². The number of carbonyl (C=O) groups is 1. The molecule has 1 aliphatic rings. The molecule has 214 valence electrons. The first-order valence-electron chi connectivity index (χ1n) is 14.0. The number of para-hydroxylation sites is 2. The molecule has 3 aromatic carbocycles. The Morgan fingerprint density at radius 2 is 1.69 bits per heavy atom. The van der Waals surface area contributed by atoms with Crippen LogP contribution in [0.5, 0.6) is 11.5 Å². The molecule has 1 atom stereocenters. The van der Waals surface area contributed by atoms with Gasteiger partial charge < -0.3 is 21.3 Å². The van der Waals surface area contributed by atoms with Crippen LogP contribution in [-0.4, -0.2) is 45.6 Å². The van der Waals surface area contributed by atoms with Crippen LogP contribution in [0.15, 0.2) is 72.8 Å². The third-order valence-corrected chi connectivity index (χ3v) is 8.02. The van der Waals surface area contributed by atoms with Crippen molar-refractivity contribution in [1.29, 1.82) is 5.26 Å². The number of phenols is 2. The van der Waals surface area contributed by atoms with Gasteiger partial charge in [0.15, 0.2) is 0 Å². The van der Waals surface area contributed by atoms with Gasteiger partial charge in [0.25, 0.3) is 5.91 Å². The third-order valence-electron chi connectivity index (χ3n) is 7.69. The van der Waals surface area contributed by atoms with E-state index in [1.807, 2.05) is 18.2 Å². The maximum atomic E-state index is 12.8. The summed E-state index contributed by atoms with van der Waals surface area (Å²) >= 11 is 6.75. The molecule has 9 heteroatoms. The third kappa shape index (κ3) is 6.18. The minimum atomic E-state index is -0.329. The van der Waals surface area contributed by atoms with Gasteiger partial charge in [0.05, 0.1) is 11.3 Å². The van der Waals surface area contributed by atoms with Crippen LogP contribution in [0.1, 0.15) is 53.2 Å². The number of anilines is 1. The summed E-state index contributed by atoms with van der Waals surface area (Å²) in [7, 11) is 0. The van der Waals surface area contributed by atoms with Crippen molar-refractivity contribution in [1.82, 2.24) is 15.2 Å². The van der Waals surface area contributed by atoms with E-state index in [4.69, 9.17) is 17.3 Å². The molecule has 0 spiro atoms. The zero-order valence-electron chi connectivity index (χ0n) is 23.1. The highest BCUT2D eigenvalue weighted by Gasteiger charge is 2.25. The molecule has 0 radical (unpaired) electrons. The number of piperidine rings is 1. The average Bonchev–Trinajstić information content (AvgIpc) is 3.00. The van der Waals surface area contributed by atoms with E-state index in [2.05, 4.69) is 21.3 Å². The van der Waals surface area contributed by atoms with Gasteiger partial charge in [-0.3, -0.25) is 9.69 Å². The highest BCUT2D eigenvalue weighted by atomic mass is 35.5. The number of benzene rings is 3. The van der Waals surface area contributed by atoms with E-state index in [1.165, 1.54) is 12.5 Å². The van der Waals surface area contributed by atoms with Crippen molar-refractivity contribution < 1.29 is 15.0 Å². The number of nitrogens with zero attached hydrogens (tertiary/aromatic N) is 3. The number of aromatic nitrogens is 1. The smallest absolute Gasteiger partial charge is 0.255 e. The number of aromatic hydroxyl groups is 2. The van der Waals surface area contributed by atoms with Crippen LogP contribution < -0.4 is 11.1 Å². The van der Waals surface area contributed by atoms with E-state index in [0.717, 1.165) is 31.5 Å². The molecule has 0 saturated carbocycles. The van der Waals surface area contributed by atoms with Crippen LogP contribution in [0.4, 0.5) is 5.82 Å². The number of hydrogen-bond donors (Lipinski definition) is 4. The zero-order valence-corrected chi connectivity index (χ0v) is 23.8. The molecule has 1 unspecified atom stereocenters. The van der Waals surface area contributed by atoms with E-state index >= 15 is 0 Å². The molecule has 1 fully saturated rings. The standard InChI is InChI=1S/C33H32ClN5O3/c34-27-13-12-21(18-25(27)24-19-28(38-32(36)26(24)20-35)22-8-2-4-10-30(22)40)29(39-16-6-1-7-17-39)14-15-37-33(42)23-9-3-5-11-31(23)41/h2-5,8-13,18-19,29,40-41H,1,6-7,14-17H2,(H2,36,38)(H,37,42). The largest absolute Gasteiger partial charge is 0.507 e. The number of halogens is 1. The topological polar surface area (TPSA) is 136 Å². The number of amides is 1. The number of nitrogens with one attached hydrogen (secondary N) is 1. The Bertz CT molecular complexity index is 1650. The highest BCUT2D eigenvalue weighted by Crippen LogP contribution is 2.39. The summed E-state index contributed by atoms with van der Waals surface area (Å²) in [5.74, 6) is -0.284. The number of hydrogen-bond acceptors (Lipinski definition) is 7. The number of phenolic OH excluding ortho intramolecular Hbond substituents is 2. The second-order valence-corrected chi connectivity index (χ2v) is 10.8. The molecule has 1 saturated heterocycles. The molecule has 42 heavy (non-hydrogen) atoms.